The SMILES string of the molecule is CC[C@@H](C)NC(=O)[C@H](C)NC(=O)Nc1ccc2c(c1)OC(C)(C)O2. The van der Waals surface area contributed by atoms with E-state index >= 15 is 0 Å². The molecule has 1 aromatic carbocycles. The van der Waals surface area contributed by atoms with Gasteiger partial charge in [0, 0.05) is 31.6 Å². The van der Waals surface area contributed by atoms with Gasteiger partial charge in [0.15, 0.2) is 11.5 Å². The minimum absolute atomic E-state index is 0.0713. The summed E-state index contributed by atoms with van der Waals surface area (Å²) in [5.41, 5.74) is 0.557. The third-order valence-corrected chi connectivity index (χ3v) is 3.65. The highest BCUT2D eigenvalue weighted by molar-refractivity contribution is 5.93. The van der Waals surface area contributed by atoms with Crippen LogP contribution in [0.1, 0.15) is 41.0 Å². The predicted octanol–water partition coefficient (Wildman–Crippen LogP) is 2.62. The lowest BCUT2D eigenvalue weighted by molar-refractivity contribution is -0.123. The zero-order valence-corrected chi connectivity index (χ0v) is 14.7. The van der Waals surface area contributed by atoms with Gasteiger partial charge in [-0.05, 0) is 32.4 Å². The van der Waals surface area contributed by atoms with Gasteiger partial charge >= 0.3 is 6.03 Å². The van der Waals surface area contributed by atoms with Crippen LogP contribution in [0, 0.1) is 0 Å². The molecular weight excluding hydrogens is 310 g/mol. The molecule has 3 amide bonds. The molecule has 1 aliphatic rings. The predicted molar refractivity (Wildman–Crippen MR) is 91.3 cm³/mol. The summed E-state index contributed by atoms with van der Waals surface area (Å²) in [6.45, 7) is 9.16. The van der Waals surface area contributed by atoms with Crippen LogP contribution in [0.5, 0.6) is 11.5 Å². The Morgan fingerprint density at radius 3 is 2.46 bits per heavy atom. The number of carbonyl (C=O) groups excluding carboxylic acids is 2. The summed E-state index contributed by atoms with van der Waals surface area (Å²) in [5, 5.41) is 8.12. The number of amides is 3. The molecule has 1 heterocycles. The smallest absolute Gasteiger partial charge is 0.319 e. The van der Waals surface area contributed by atoms with Crippen molar-refractivity contribution in [2.45, 2.75) is 58.9 Å². The number of hydrogen-bond acceptors (Lipinski definition) is 4. The first-order chi connectivity index (χ1) is 11.2. The van der Waals surface area contributed by atoms with Crippen LogP contribution < -0.4 is 25.4 Å². The number of carbonyl (C=O) groups is 2. The molecule has 3 N–H and O–H groups in total. The second-order valence-electron chi connectivity index (χ2n) is 6.40. The molecule has 1 aliphatic heterocycles. The van der Waals surface area contributed by atoms with Crippen molar-refractivity contribution in [2.24, 2.45) is 0 Å². The summed E-state index contributed by atoms with van der Waals surface area (Å²) in [7, 11) is 0. The van der Waals surface area contributed by atoms with Gasteiger partial charge in [0.1, 0.15) is 6.04 Å². The number of nitrogens with one attached hydrogen (secondary N) is 3. The molecule has 0 radical (unpaired) electrons. The zero-order chi connectivity index (χ0) is 17.9. The summed E-state index contributed by atoms with van der Waals surface area (Å²) in [4.78, 5) is 24.0. The van der Waals surface area contributed by atoms with Crippen molar-refractivity contribution in [1.29, 1.82) is 0 Å². The Hall–Kier alpha value is -2.44. The lowest BCUT2D eigenvalue weighted by Gasteiger charge is -2.17. The monoisotopic (exact) mass is 335 g/mol. The van der Waals surface area contributed by atoms with E-state index in [2.05, 4.69) is 16.0 Å². The molecule has 0 saturated carbocycles. The molecule has 0 aliphatic carbocycles. The van der Waals surface area contributed by atoms with Crippen molar-refractivity contribution in [2.75, 3.05) is 5.32 Å². The first-order valence-electron chi connectivity index (χ1n) is 8.10. The van der Waals surface area contributed by atoms with E-state index in [9.17, 15) is 9.59 Å². The molecule has 0 spiro atoms. The molecule has 1 aromatic rings. The second kappa shape index (κ2) is 6.98. The first-order valence-corrected chi connectivity index (χ1v) is 8.10. The number of urea groups is 1. The number of ether oxygens (including phenoxy) is 2. The van der Waals surface area contributed by atoms with Crippen LogP contribution in [0.15, 0.2) is 18.2 Å². The van der Waals surface area contributed by atoms with Gasteiger partial charge in [-0.25, -0.2) is 4.79 Å². The summed E-state index contributed by atoms with van der Waals surface area (Å²) >= 11 is 0. The highest BCUT2D eigenvalue weighted by atomic mass is 16.7. The van der Waals surface area contributed by atoms with Gasteiger partial charge in [-0.15, -0.1) is 0 Å². The Balaban J connectivity index is 1.90. The van der Waals surface area contributed by atoms with Crippen LogP contribution >= 0.6 is 0 Å². The summed E-state index contributed by atoms with van der Waals surface area (Å²) in [5.74, 6) is 0.269. The molecule has 132 valence electrons. The molecule has 7 heteroatoms. The standard InChI is InChI=1S/C17H25N3O4/c1-6-10(2)18-15(21)11(3)19-16(22)20-12-7-8-13-14(9-12)24-17(4,5)23-13/h7-11H,6H2,1-5H3,(H,18,21)(H2,19,20,22)/t10-,11+/m1/s1. The minimum atomic E-state index is -0.716. The molecule has 0 bridgehead atoms. The van der Waals surface area contributed by atoms with Crippen molar-refractivity contribution >= 4 is 17.6 Å². The van der Waals surface area contributed by atoms with Crippen LogP contribution in [0.4, 0.5) is 10.5 Å². The first kappa shape index (κ1) is 17.9. The normalized spacial score (nSPS) is 16.9. The van der Waals surface area contributed by atoms with Gasteiger partial charge in [0.2, 0.25) is 11.7 Å². The Morgan fingerprint density at radius 2 is 1.79 bits per heavy atom. The number of anilines is 1. The van der Waals surface area contributed by atoms with Gasteiger partial charge in [-0.3, -0.25) is 4.79 Å². The number of fused-ring (bicyclic) bond motifs is 1. The van der Waals surface area contributed by atoms with E-state index in [1.165, 1.54) is 0 Å². The van der Waals surface area contributed by atoms with Crippen LogP contribution in [0.3, 0.4) is 0 Å². The molecule has 0 fully saturated rings. The minimum Gasteiger partial charge on any atom is -0.449 e. The van der Waals surface area contributed by atoms with Gasteiger partial charge in [-0.1, -0.05) is 6.92 Å². The van der Waals surface area contributed by atoms with Crippen molar-refractivity contribution in [3.05, 3.63) is 18.2 Å². The van der Waals surface area contributed by atoms with E-state index in [1.54, 1.807) is 25.1 Å². The third kappa shape index (κ3) is 4.53. The number of rotatable bonds is 5. The Morgan fingerprint density at radius 1 is 1.12 bits per heavy atom. The van der Waals surface area contributed by atoms with E-state index in [1.807, 2.05) is 27.7 Å². The van der Waals surface area contributed by atoms with E-state index in [-0.39, 0.29) is 11.9 Å². The average molecular weight is 335 g/mol. The van der Waals surface area contributed by atoms with E-state index in [0.717, 1.165) is 6.42 Å². The van der Waals surface area contributed by atoms with Crippen molar-refractivity contribution in [3.8, 4) is 11.5 Å². The molecule has 0 unspecified atom stereocenters. The lowest BCUT2D eigenvalue weighted by atomic mass is 10.2. The summed E-state index contributed by atoms with van der Waals surface area (Å²) in [6, 6.07) is 4.12. The largest absolute Gasteiger partial charge is 0.449 e. The average Bonchev–Trinajstić information content (AvgIpc) is 2.79. The lowest BCUT2D eigenvalue weighted by Crippen LogP contribution is -2.48. The van der Waals surface area contributed by atoms with E-state index in [4.69, 9.17) is 9.47 Å². The molecule has 0 aromatic heterocycles. The van der Waals surface area contributed by atoms with Gasteiger partial charge in [0.05, 0.1) is 0 Å². The van der Waals surface area contributed by atoms with Gasteiger partial charge in [0.25, 0.3) is 0 Å². The third-order valence-electron chi connectivity index (χ3n) is 3.65. The van der Waals surface area contributed by atoms with Crippen LogP contribution in [0.2, 0.25) is 0 Å². The van der Waals surface area contributed by atoms with Gasteiger partial charge < -0.3 is 25.4 Å². The number of hydrogen-bond donors (Lipinski definition) is 3. The van der Waals surface area contributed by atoms with Crippen LogP contribution in [-0.2, 0) is 4.79 Å². The Kier molecular flexibility index (Phi) is 5.21. The summed E-state index contributed by atoms with van der Waals surface area (Å²) < 4.78 is 11.2. The second-order valence-corrected chi connectivity index (χ2v) is 6.40. The fourth-order valence-electron chi connectivity index (χ4n) is 2.20. The van der Waals surface area contributed by atoms with Crippen molar-refractivity contribution in [3.63, 3.8) is 0 Å². The zero-order valence-electron chi connectivity index (χ0n) is 14.7. The maximum atomic E-state index is 12.0. The molecule has 2 rings (SSSR count). The molecular formula is C17H25N3O4. The van der Waals surface area contributed by atoms with Crippen LogP contribution in [-0.4, -0.2) is 29.8 Å². The highest BCUT2D eigenvalue weighted by Crippen LogP contribution is 2.40. The quantitative estimate of drug-likeness (QED) is 0.772. The molecule has 7 nitrogen and oxygen atoms in total. The Bertz CT molecular complexity index is 630. The highest BCUT2D eigenvalue weighted by Gasteiger charge is 2.31. The molecule has 0 saturated heterocycles. The molecule has 2 atom stereocenters. The fraction of sp³-hybridized carbons (Fsp3) is 0.529. The number of benzene rings is 1. The Labute approximate surface area is 142 Å². The fourth-order valence-corrected chi connectivity index (χ4v) is 2.20. The van der Waals surface area contributed by atoms with Gasteiger partial charge in [-0.2, -0.15) is 0 Å². The topological polar surface area (TPSA) is 88.7 Å². The van der Waals surface area contributed by atoms with Crippen molar-refractivity contribution < 1.29 is 19.1 Å². The maximum Gasteiger partial charge on any atom is 0.319 e. The molecule has 24 heavy (non-hydrogen) atoms. The van der Waals surface area contributed by atoms with Crippen LogP contribution in [0.25, 0.3) is 0 Å². The van der Waals surface area contributed by atoms with Crippen molar-refractivity contribution in [1.82, 2.24) is 10.6 Å². The summed E-state index contributed by atoms with van der Waals surface area (Å²) in [6.07, 6.45) is 0.832. The maximum absolute atomic E-state index is 12.0. The van der Waals surface area contributed by atoms with E-state index < -0.39 is 17.9 Å². The van der Waals surface area contributed by atoms with E-state index in [0.29, 0.717) is 17.2 Å².